The molecule has 2 aromatic heterocycles. The van der Waals surface area contributed by atoms with Crippen molar-refractivity contribution in [2.75, 3.05) is 12.3 Å². The summed E-state index contributed by atoms with van der Waals surface area (Å²) in [7, 11) is 1.82. The standard InChI is InChI=1S/C23H22N8O6S/c1-30-8-2-3-10(9-30)14(12-6-7-25-19(12)32)11-4-5-13-15(21(34)31(13)17(11)22(35)36)26-20(33)16(28-37)18-27-23(24)38-29-18/h2-3,8-9,13,15H,4-7H2,1H3,(H5-,24,25,26,27,29,32,33,35,36,37)/p+1/t13-,15+/m1/s1. The zero-order chi connectivity index (χ0) is 27.1. The second kappa shape index (κ2) is 9.66. The molecule has 5 heterocycles. The Balaban J connectivity index is 1.50. The van der Waals surface area contributed by atoms with Gasteiger partial charge in [-0.1, -0.05) is 5.16 Å². The van der Waals surface area contributed by atoms with E-state index in [0.29, 0.717) is 41.7 Å². The van der Waals surface area contributed by atoms with Gasteiger partial charge in [0.2, 0.25) is 17.4 Å². The van der Waals surface area contributed by atoms with Gasteiger partial charge >= 0.3 is 5.97 Å². The molecule has 0 radical (unpaired) electrons. The zero-order valence-corrected chi connectivity index (χ0v) is 20.9. The van der Waals surface area contributed by atoms with Crippen LogP contribution in [0.5, 0.6) is 0 Å². The molecule has 0 aliphatic carbocycles. The first-order chi connectivity index (χ1) is 18.2. The van der Waals surface area contributed by atoms with Gasteiger partial charge in [0.1, 0.15) is 18.8 Å². The number of hydrogen-bond donors (Lipinski definition) is 5. The summed E-state index contributed by atoms with van der Waals surface area (Å²) in [6.07, 6.45) is 4.60. The summed E-state index contributed by atoms with van der Waals surface area (Å²) < 4.78 is 5.63. The average molecular weight is 540 g/mol. The highest BCUT2D eigenvalue weighted by Gasteiger charge is 2.54. The summed E-state index contributed by atoms with van der Waals surface area (Å²) in [6.45, 7) is 0.430. The molecule has 196 valence electrons. The lowest BCUT2D eigenvalue weighted by molar-refractivity contribution is -0.671. The summed E-state index contributed by atoms with van der Waals surface area (Å²) in [4.78, 5) is 56.1. The predicted octanol–water partition coefficient (Wildman–Crippen LogP) is -1.08. The molecule has 2 atom stereocenters. The molecule has 2 fully saturated rings. The summed E-state index contributed by atoms with van der Waals surface area (Å²) in [5.41, 5.74) is 6.77. The van der Waals surface area contributed by atoms with Crippen LogP contribution in [0, 0.1) is 0 Å². The molecule has 3 aliphatic rings. The molecule has 2 saturated heterocycles. The number of aromatic nitrogens is 3. The number of carbonyl (C=O) groups excluding carboxylic acids is 3. The fourth-order valence-electron chi connectivity index (χ4n) is 5.06. The van der Waals surface area contributed by atoms with Crippen molar-refractivity contribution in [2.45, 2.75) is 31.3 Å². The van der Waals surface area contributed by atoms with Crippen molar-refractivity contribution in [2.24, 2.45) is 12.2 Å². The largest absolute Gasteiger partial charge is 0.477 e. The topological polar surface area (TPSA) is 204 Å². The maximum Gasteiger partial charge on any atom is 0.352 e. The molecule has 15 heteroatoms. The van der Waals surface area contributed by atoms with E-state index in [0.717, 1.165) is 16.4 Å². The number of nitrogens with one attached hydrogen (secondary N) is 2. The van der Waals surface area contributed by atoms with Gasteiger partial charge in [0.05, 0.1) is 6.04 Å². The number of aliphatic carboxylic acids is 1. The van der Waals surface area contributed by atoms with Gasteiger partial charge in [0.15, 0.2) is 17.5 Å². The van der Waals surface area contributed by atoms with E-state index in [2.05, 4.69) is 25.1 Å². The predicted molar refractivity (Wildman–Crippen MR) is 131 cm³/mol. The highest BCUT2D eigenvalue weighted by molar-refractivity contribution is 7.09. The molecule has 0 spiro atoms. The van der Waals surface area contributed by atoms with Crippen molar-refractivity contribution >= 4 is 51.6 Å². The van der Waals surface area contributed by atoms with Crippen molar-refractivity contribution in [3.05, 3.63) is 52.8 Å². The van der Waals surface area contributed by atoms with E-state index in [-0.39, 0.29) is 29.0 Å². The number of β-lactam (4-membered cyclic amide) rings is 1. The monoisotopic (exact) mass is 539 g/mol. The highest BCUT2D eigenvalue weighted by atomic mass is 32.1. The number of nitrogens with two attached hydrogens (primary N) is 1. The SMILES string of the molecule is C[n+]1cccc(C(=C2CCNC2=O)C2=C(C(=O)O)N3C(=O)[C@@H](NC(=O)C(=NO)c4nsc(N)n4)[C@H]3CC2)c1. The Morgan fingerprint density at radius 2 is 2.13 bits per heavy atom. The summed E-state index contributed by atoms with van der Waals surface area (Å²) in [5.74, 6) is -3.34. The first-order valence-electron chi connectivity index (χ1n) is 11.6. The number of allylic oxidation sites excluding steroid dienone is 2. The number of carboxylic acid groups (broad SMARTS) is 1. The molecule has 38 heavy (non-hydrogen) atoms. The molecule has 0 saturated carbocycles. The number of carbonyl (C=O) groups is 4. The molecule has 5 rings (SSSR count). The quantitative estimate of drug-likeness (QED) is 0.0755. The molecule has 0 bridgehead atoms. The van der Waals surface area contributed by atoms with Crippen LogP contribution in [0.4, 0.5) is 5.13 Å². The molecular formula is C23H23N8O6S+. The Hall–Kier alpha value is -4.66. The number of carboxylic acids is 1. The van der Waals surface area contributed by atoms with Crippen LogP contribution in [0.25, 0.3) is 5.57 Å². The maximum absolute atomic E-state index is 13.2. The first-order valence-corrected chi connectivity index (χ1v) is 12.4. The summed E-state index contributed by atoms with van der Waals surface area (Å²) in [6, 6.07) is 1.89. The number of nitrogens with zero attached hydrogens (tertiary/aromatic N) is 5. The minimum Gasteiger partial charge on any atom is -0.477 e. The molecular weight excluding hydrogens is 516 g/mol. The first kappa shape index (κ1) is 25.0. The van der Waals surface area contributed by atoms with Crippen LogP contribution < -0.4 is 20.9 Å². The zero-order valence-electron chi connectivity index (χ0n) is 20.0. The van der Waals surface area contributed by atoms with E-state index in [4.69, 9.17) is 5.73 Å². The minimum absolute atomic E-state index is 0.0590. The summed E-state index contributed by atoms with van der Waals surface area (Å²) in [5, 5.41) is 27.8. The van der Waals surface area contributed by atoms with Gasteiger partial charge in [0.25, 0.3) is 11.8 Å². The Kier molecular flexibility index (Phi) is 6.36. The Bertz CT molecular complexity index is 1480. The van der Waals surface area contributed by atoms with Crippen molar-refractivity contribution < 1.29 is 34.1 Å². The minimum atomic E-state index is -1.32. The van der Waals surface area contributed by atoms with Gasteiger partial charge in [-0.05, 0) is 30.9 Å². The van der Waals surface area contributed by atoms with Crippen molar-refractivity contribution in [1.82, 2.24) is 24.9 Å². The molecule has 0 aromatic carbocycles. The van der Waals surface area contributed by atoms with E-state index in [1.807, 2.05) is 13.2 Å². The van der Waals surface area contributed by atoms with Gasteiger partial charge in [-0.2, -0.15) is 9.36 Å². The molecule has 0 unspecified atom stereocenters. The maximum atomic E-state index is 13.2. The Morgan fingerprint density at radius 3 is 2.74 bits per heavy atom. The smallest absolute Gasteiger partial charge is 0.352 e. The van der Waals surface area contributed by atoms with Crippen LogP contribution in [-0.4, -0.2) is 72.6 Å². The Labute approximate surface area is 219 Å². The second-order valence-electron chi connectivity index (χ2n) is 8.92. The third-order valence-electron chi connectivity index (χ3n) is 6.66. The van der Waals surface area contributed by atoms with Gasteiger partial charge in [-0.3, -0.25) is 19.3 Å². The van der Waals surface area contributed by atoms with Gasteiger partial charge in [0, 0.05) is 40.9 Å². The normalized spacial score (nSPS) is 22.6. The highest BCUT2D eigenvalue weighted by Crippen LogP contribution is 2.43. The summed E-state index contributed by atoms with van der Waals surface area (Å²) >= 11 is 0.803. The molecule has 3 aliphatic heterocycles. The van der Waals surface area contributed by atoms with Crippen LogP contribution in [0.15, 0.2) is 46.5 Å². The van der Waals surface area contributed by atoms with Crippen LogP contribution in [-0.2, 0) is 26.2 Å². The van der Waals surface area contributed by atoms with E-state index >= 15 is 0 Å². The van der Waals surface area contributed by atoms with Gasteiger partial charge in [-0.15, -0.1) is 0 Å². The fraction of sp³-hybridized carbons (Fsp3) is 0.304. The number of rotatable bonds is 6. The number of oxime groups is 1. The number of amides is 3. The number of nitrogen functional groups attached to an aromatic ring is 1. The fourth-order valence-corrected chi connectivity index (χ4v) is 5.50. The lowest BCUT2D eigenvalue weighted by Crippen LogP contribution is -2.72. The third-order valence-corrected chi connectivity index (χ3v) is 7.20. The van der Waals surface area contributed by atoms with Gasteiger partial charge in [-0.25, -0.2) is 9.36 Å². The number of fused-ring (bicyclic) bond motifs is 1. The molecule has 2 aromatic rings. The second-order valence-corrected chi connectivity index (χ2v) is 9.70. The van der Waals surface area contributed by atoms with Crippen LogP contribution >= 0.6 is 11.5 Å². The van der Waals surface area contributed by atoms with Crippen molar-refractivity contribution in [3.8, 4) is 0 Å². The average Bonchev–Trinajstić information content (AvgIpc) is 3.50. The number of aryl methyl sites for hydroxylation is 1. The van der Waals surface area contributed by atoms with Crippen LogP contribution in [0.1, 0.15) is 30.7 Å². The Morgan fingerprint density at radius 1 is 1.34 bits per heavy atom. The number of hydrogen-bond acceptors (Lipinski definition) is 10. The third kappa shape index (κ3) is 4.15. The van der Waals surface area contributed by atoms with Crippen molar-refractivity contribution in [3.63, 3.8) is 0 Å². The van der Waals surface area contributed by atoms with Crippen LogP contribution in [0.3, 0.4) is 0 Å². The van der Waals surface area contributed by atoms with E-state index in [1.54, 1.807) is 22.9 Å². The lowest BCUT2D eigenvalue weighted by Gasteiger charge is -2.50. The molecule has 14 nitrogen and oxygen atoms in total. The molecule has 3 amide bonds. The van der Waals surface area contributed by atoms with Gasteiger partial charge < -0.3 is 26.7 Å². The lowest BCUT2D eigenvalue weighted by atomic mass is 9.79. The van der Waals surface area contributed by atoms with E-state index in [9.17, 15) is 29.5 Å². The number of pyridine rings is 1. The van der Waals surface area contributed by atoms with Crippen LogP contribution in [0.2, 0.25) is 0 Å². The van der Waals surface area contributed by atoms with E-state index in [1.165, 1.54) is 0 Å². The van der Waals surface area contributed by atoms with E-state index < -0.39 is 35.6 Å². The van der Waals surface area contributed by atoms with Crippen molar-refractivity contribution in [1.29, 1.82) is 0 Å². The molecule has 6 N–H and O–H groups in total. The number of anilines is 1.